The third-order valence-corrected chi connectivity index (χ3v) is 5.84. The second-order valence-corrected chi connectivity index (χ2v) is 8.10. The molecule has 2 aromatic rings. The standard InChI is InChI=1S/C20H21FN2O3S/c1-12-10-13(8-9-15(12)21)14-11-23(2)20(25)18(14)19(24)22-16-6-4-5-7-17(16)27(3)26/h4-10,14,18H,11H2,1-3H3,(H,22,24)/t14-,18+,27?/m1/s1. The normalized spacial score (nSPS) is 20.6. The predicted octanol–water partition coefficient (Wildman–Crippen LogP) is 2.68. The Labute approximate surface area is 160 Å². The summed E-state index contributed by atoms with van der Waals surface area (Å²) >= 11 is -1.28. The molecule has 1 aliphatic heterocycles. The first kappa shape index (κ1) is 19.4. The van der Waals surface area contributed by atoms with Gasteiger partial charge in [-0.2, -0.15) is 0 Å². The summed E-state index contributed by atoms with van der Waals surface area (Å²) in [7, 11) is 1.65. The van der Waals surface area contributed by atoms with Gasteiger partial charge in [0.2, 0.25) is 11.8 Å². The van der Waals surface area contributed by atoms with Crippen LogP contribution in [0.1, 0.15) is 17.0 Å². The Bertz CT molecular complexity index is 887. The number of nitrogens with zero attached hydrogens (tertiary/aromatic N) is 1. The Morgan fingerprint density at radius 3 is 2.67 bits per heavy atom. The van der Waals surface area contributed by atoms with E-state index in [0.29, 0.717) is 22.7 Å². The average molecular weight is 388 g/mol. The minimum atomic E-state index is -1.28. The zero-order chi connectivity index (χ0) is 19.7. The Morgan fingerprint density at radius 2 is 2.00 bits per heavy atom. The van der Waals surface area contributed by atoms with Crippen molar-refractivity contribution >= 4 is 28.7 Å². The van der Waals surface area contributed by atoms with Crippen molar-refractivity contribution in [1.82, 2.24) is 4.90 Å². The van der Waals surface area contributed by atoms with Gasteiger partial charge in [-0.05, 0) is 47.4 Å². The van der Waals surface area contributed by atoms with Gasteiger partial charge in [-0.3, -0.25) is 9.59 Å². The van der Waals surface area contributed by atoms with E-state index < -0.39 is 23.0 Å². The first-order valence-corrected chi connectivity index (χ1v) is 10.1. The molecule has 3 rings (SSSR count). The van der Waals surface area contributed by atoms with Gasteiger partial charge in [0.25, 0.3) is 0 Å². The van der Waals surface area contributed by atoms with Crippen molar-refractivity contribution in [3.63, 3.8) is 0 Å². The number of benzene rings is 2. The highest BCUT2D eigenvalue weighted by Gasteiger charge is 2.44. The van der Waals surface area contributed by atoms with Crippen LogP contribution < -0.4 is 5.32 Å². The first-order valence-electron chi connectivity index (χ1n) is 8.54. The molecule has 27 heavy (non-hydrogen) atoms. The number of para-hydroxylation sites is 1. The molecule has 2 amide bonds. The minimum absolute atomic E-state index is 0.283. The molecule has 1 fully saturated rings. The summed E-state index contributed by atoms with van der Waals surface area (Å²) in [6, 6.07) is 11.5. The van der Waals surface area contributed by atoms with Gasteiger partial charge in [0.05, 0.1) is 5.69 Å². The van der Waals surface area contributed by atoms with E-state index in [1.807, 2.05) is 0 Å². The number of rotatable bonds is 4. The van der Waals surface area contributed by atoms with E-state index in [1.165, 1.54) is 17.2 Å². The maximum Gasteiger partial charge on any atom is 0.237 e. The summed E-state index contributed by atoms with van der Waals surface area (Å²) in [6.45, 7) is 2.03. The van der Waals surface area contributed by atoms with Crippen LogP contribution >= 0.6 is 0 Å². The Morgan fingerprint density at radius 1 is 1.30 bits per heavy atom. The van der Waals surface area contributed by atoms with E-state index in [0.717, 1.165) is 5.56 Å². The van der Waals surface area contributed by atoms with Crippen molar-refractivity contribution in [3.8, 4) is 0 Å². The number of likely N-dealkylation sites (tertiary alicyclic amines) is 1. The monoisotopic (exact) mass is 388 g/mol. The topological polar surface area (TPSA) is 72.5 Å². The molecule has 2 aromatic carbocycles. The van der Waals surface area contributed by atoms with Crippen LogP contribution in [-0.4, -0.2) is 41.1 Å². The molecular weight excluding hydrogens is 367 g/mol. The third kappa shape index (κ3) is 3.84. The molecule has 0 saturated carbocycles. The van der Waals surface area contributed by atoms with E-state index >= 15 is 0 Å². The highest BCUT2D eigenvalue weighted by atomic mass is 32.2. The summed E-state index contributed by atoms with van der Waals surface area (Å²) in [6.07, 6.45) is 1.53. The number of halogens is 1. The Kier molecular flexibility index (Phi) is 5.53. The molecule has 1 unspecified atom stereocenters. The van der Waals surface area contributed by atoms with E-state index in [2.05, 4.69) is 5.32 Å². The lowest BCUT2D eigenvalue weighted by Crippen LogP contribution is -2.33. The zero-order valence-electron chi connectivity index (χ0n) is 15.4. The first-order chi connectivity index (χ1) is 12.8. The summed E-state index contributed by atoms with van der Waals surface area (Å²) in [4.78, 5) is 27.6. The van der Waals surface area contributed by atoms with Crippen molar-refractivity contribution in [3.05, 3.63) is 59.4 Å². The van der Waals surface area contributed by atoms with Gasteiger partial charge >= 0.3 is 0 Å². The lowest BCUT2D eigenvalue weighted by atomic mass is 9.87. The molecule has 0 radical (unpaired) electrons. The number of likely N-dealkylation sites (N-methyl/N-ethyl adjacent to an activating group) is 1. The van der Waals surface area contributed by atoms with Gasteiger partial charge in [-0.15, -0.1) is 0 Å². The number of nitrogens with one attached hydrogen (secondary N) is 1. The van der Waals surface area contributed by atoms with Crippen LogP contribution in [-0.2, 0) is 20.8 Å². The summed E-state index contributed by atoms with van der Waals surface area (Å²) < 4.78 is 25.5. The van der Waals surface area contributed by atoms with Crippen LogP contribution in [0.5, 0.6) is 0 Å². The molecule has 1 N–H and O–H groups in total. The van der Waals surface area contributed by atoms with E-state index in [9.17, 15) is 18.5 Å². The van der Waals surface area contributed by atoms with Gasteiger partial charge < -0.3 is 14.8 Å². The van der Waals surface area contributed by atoms with E-state index in [1.54, 1.807) is 50.4 Å². The fourth-order valence-electron chi connectivity index (χ4n) is 3.42. The van der Waals surface area contributed by atoms with Crippen LogP contribution in [0, 0.1) is 18.7 Å². The second-order valence-electron chi connectivity index (χ2n) is 6.75. The van der Waals surface area contributed by atoms with Gasteiger partial charge in [0.15, 0.2) is 4.90 Å². The van der Waals surface area contributed by atoms with Crippen LogP contribution in [0.3, 0.4) is 0 Å². The number of anilines is 1. The fourth-order valence-corrected chi connectivity index (χ4v) is 4.12. The molecule has 1 aliphatic rings. The number of carbonyl (C=O) groups is 2. The van der Waals surface area contributed by atoms with Gasteiger partial charge in [-0.25, -0.2) is 4.39 Å². The smallest absolute Gasteiger partial charge is 0.237 e. The van der Waals surface area contributed by atoms with Crippen LogP contribution in [0.2, 0.25) is 0 Å². The SMILES string of the molecule is Cc1cc([C@H]2CN(C)C(=O)[C@@H]2C(=O)Nc2ccccc2[S+](C)[O-])ccc1F. The van der Waals surface area contributed by atoms with Crippen molar-refractivity contribution in [2.24, 2.45) is 5.92 Å². The van der Waals surface area contributed by atoms with E-state index in [-0.39, 0.29) is 17.6 Å². The largest absolute Gasteiger partial charge is 0.612 e. The summed E-state index contributed by atoms with van der Waals surface area (Å²) in [5, 5.41) is 2.76. The number of amides is 2. The molecule has 1 saturated heterocycles. The van der Waals surface area contributed by atoms with Gasteiger partial charge in [-0.1, -0.05) is 24.3 Å². The van der Waals surface area contributed by atoms with Crippen molar-refractivity contribution in [1.29, 1.82) is 0 Å². The van der Waals surface area contributed by atoms with Crippen molar-refractivity contribution in [2.45, 2.75) is 17.7 Å². The second kappa shape index (κ2) is 7.70. The molecule has 0 bridgehead atoms. The summed E-state index contributed by atoms with van der Waals surface area (Å²) in [5.41, 5.74) is 1.65. The minimum Gasteiger partial charge on any atom is -0.612 e. The lowest BCUT2D eigenvalue weighted by Gasteiger charge is -2.18. The molecule has 5 nitrogen and oxygen atoms in total. The number of aryl methyl sites for hydroxylation is 1. The molecule has 0 aliphatic carbocycles. The average Bonchev–Trinajstić information content (AvgIpc) is 2.92. The van der Waals surface area contributed by atoms with Crippen LogP contribution in [0.4, 0.5) is 10.1 Å². The fraction of sp³-hybridized carbons (Fsp3) is 0.300. The van der Waals surface area contributed by atoms with E-state index in [4.69, 9.17) is 0 Å². The molecule has 0 spiro atoms. The number of hydrogen-bond donors (Lipinski definition) is 1. The Hall–Kier alpha value is -2.38. The number of hydrogen-bond acceptors (Lipinski definition) is 3. The Balaban J connectivity index is 1.91. The predicted molar refractivity (Wildman–Crippen MR) is 102 cm³/mol. The number of carbonyl (C=O) groups excluding carboxylic acids is 2. The quantitative estimate of drug-likeness (QED) is 0.647. The molecule has 142 valence electrons. The highest BCUT2D eigenvalue weighted by Crippen LogP contribution is 2.35. The van der Waals surface area contributed by atoms with Crippen molar-refractivity contribution < 1.29 is 18.5 Å². The molecule has 7 heteroatoms. The molecular formula is C20H21FN2O3S. The van der Waals surface area contributed by atoms with Gasteiger partial charge in [0, 0.05) is 19.5 Å². The molecule has 0 aromatic heterocycles. The molecule has 3 atom stereocenters. The molecule has 1 heterocycles. The maximum absolute atomic E-state index is 13.6. The van der Waals surface area contributed by atoms with Crippen molar-refractivity contribution in [2.75, 3.05) is 25.2 Å². The third-order valence-electron chi connectivity index (χ3n) is 4.86. The van der Waals surface area contributed by atoms with Crippen LogP contribution in [0.15, 0.2) is 47.4 Å². The highest BCUT2D eigenvalue weighted by molar-refractivity contribution is 7.90. The van der Waals surface area contributed by atoms with Crippen LogP contribution in [0.25, 0.3) is 0 Å². The maximum atomic E-state index is 13.6. The zero-order valence-corrected chi connectivity index (χ0v) is 16.2. The lowest BCUT2D eigenvalue weighted by molar-refractivity contribution is -0.135. The van der Waals surface area contributed by atoms with Gasteiger partial charge in [0.1, 0.15) is 18.0 Å². The summed E-state index contributed by atoms with van der Waals surface area (Å²) in [5.74, 6) is -2.35.